The number of piperidine rings is 1. The van der Waals surface area contributed by atoms with Crippen LogP contribution in [0.4, 0.5) is 13.2 Å². The van der Waals surface area contributed by atoms with Crippen LogP contribution in [0.15, 0.2) is 16.8 Å². The topological polar surface area (TPSA) is 89.4 Å². The van der Waals surface area contributed by atoms with Crippen LogP contribution in [-0.4, -0.2) is 48.8 Å². The van der Waals surface area contributed by atoms with Gasteiger partial charge in [0.05, 0.1) is 12.1 Å². The minimum absolute atomic E-state index is 0.0302. The molecule has 1 aliphatic heterocycles. The Kier molecular flexibility index (Phi) is 5.20. The first-order chi connectivity index (χ1) is 14.3. The lowest BCUT2D eigenvalue weighted by molar-refractivity contribution is -0.142. The van der Waals surface area contributed by atoms with Gasteiger partial charge in [-0.3, -0.25) is 4.79 Å². The highest BCUT2D eigenvalue weighted by atomic mass is 19.4. The number of aromatic nitrogens is 5. The molecule has 11 heteroatoms. The van der Waals surface area contributed by atoms with E-state index in [0.29, 0.717) is 55.1 Å². The number of hydrogen-bond donors (Lipinski definition) is 0. The lowest BCUT2D eigenvalue weighted by atomic mass is 9.93. The minimum atomic E-state index is -4.52. The summed E-state index contributed by atoms with van der Waals surface area (Å²) in [6.07, 6.45) is -2.76. The monoisotopic (exact) mass is 422 g/mol. The van der Waals surface area contributed by atoms with Crippen molar-refractivity contribution in [1.82, 2.24) is 29.8 Å². The molecule has 0 spiro atoms. The highest BCUT2D eigenvalue weighted by Crippen LogP contribution is 2.32. The fraction of sp³-hybridized carbons (Fsp3) is 0.526. The lowest BCUT2D eigenvalue weighted by Gasteiger charge is -2.31. The number of carbonyl (C=O) groups excluding carboxylic acids is 1. The van der Waals surface area contributed by atoms with Crippen LogP contribution >= 0.6 is 0 Å². The van der Waals surface area contributed by atoms with E-state index in [4.69, 9.17) is 0 Å². The SMILES string of the molecule is CCc1cc(C(F)(F)F)n2nc(C3CCN(C(=O)Cc4nonc4C)CC3)cc2n1. The second kappa shape index (κ2) is 7.69. The predicted molar refractivity (Wildman–Crippen MR) is 98.7 cm³/mol. The van der Waals surface area contributed by atoms with Gasteiger partial charge in [-0.05, 0) is 32.3 Å². The summed E-state index contributed by atoms with van der Waals surface area (Å²) in [5, 5.41) is 11.6. The molecule has 0 atom stereocenters. The summed E-state index contributed by atoms with van der Waals surface area (Å²) in [4.78, 5) is 18.5. The second-order valence-corrected chi connectivity index (χ2v) is 7.45. The molecule has 30 heavy (non-hydrogen) atoms. The first-order valence-corrected chi connectivity index (χ1v) is 9.79. The molecule has 3 aromatic heterocycles. The molecule has 1 saturated heterocycles. The van der Waals surface area contributed by atoms with Crippen LogP contribution in [0.5, 0.6) is 0 Å². The second-order valence-electron chi connectivity index (χ2n) is 7.45. The van der Waals surface area contributed by atoms with Crippen molar-refractivity contribution in [2.75, 3.05) is 13.1 Å². The van der Waals surface area contributed by atoms with Gasteiger partial charge in [0.1, 0.15) is 17.1 Å². The number of aryl methyl sites for hydroxylation is 2. The normalized spacial score (nSPS) is 15.8. The van der Waals surface area contributed by atoms with Crippen molar-refractivity contribution in [3.05, 3.63) is 40.6 Å². The van der Waals surface area contributed by atoms with Gasteiger partial charge in [0, 0.05) is 30.8 Å². The first kappa shape index (κ1) is 20.3. The van der Waals surface area contributed by atoms with E-state index in [-0.39, 0.29) is 23.9 Å². The predicted octanol–water partition coefficient (Wildman–Crippen LogP) is 2.95. The van der Waals surface area contributed by atoms with Crippen molar-refractivity contribution < 1.29 is 22.6 Å². The van der Waals surface area contributed by atoms with Crippen LogP contribution in [0.1, 0.15) is 54.2 Å². The van der Waals surface area contributed by atoms with Crippen molar-refractivity contribution in [3.63, 3.8) is 0 Å². The molecular formula is C19H21F3N6O2. The van der Waals surface area contributed by atoms with Crippen LogP contribution in [0.2, 0.25) is 0 Å². The van der Waals surface area contributed by atoms with Gasteiger partial charge in [0.2, 0.25) is 5.91 Å². The molecule has 0 saturated carbocycles. The summed E-state index contributed by atoms with van der Waals surface area (Å²) in [5.41, 5.74) is 1.43. The van der Waals surface area contributed by atoms with Crippen molar-refractivity contribution in [3.8, 4) is 0 Å². The third kappa shape index (κ3) is 3.88. The van der Waals surface area contributed by atoms with Gasteiger partial charge in [-0.25, -0.2) is 14.1 Å². The maximum Gasteiger partial charge on any atom is 0.433 e. The van der Waals surface area contributed by atoms with Crippen molar-refractivity contribution in [2.45, 2.75) is 51.6 Å². The maximum absolute atomic E-state index is 13.5. The molecule has 0 radical (unpaired) electrons. The Balaban J connectivity index is 1.49. The highest BCUT2D eigenvalue weighted by molar-refractivity contribution is 5.78. The number of likely N-dealkylation sites (tertiary alicyclic amines) is 1. The van der Waals surface area contributed by atoms with Crippen LogP contribution in [-0.2, 0) is 23.8 Å². The summed E-state index contributed by atoms with van der Waals surface area (Å²) < 4.78 is 45.9. The molecule has 1 amide bonds. The molecule has 160 valence electrons. The van der Waals surface area contributed by atoms with Crippen LogP contribution in [0, 0.1) is 6.92 Å². The van der Waals surface area contributed by atoms with Crippen LogP contribution < -0.4 is 0 Å². The summed E-state index contributed by atoms with van der Waals surface area (Å²) >= 11 is 0. The zero-order valence-corrected chi connectivity index (χ0v) is 16.6. The van der Waals surface area contributed by atoms with Gasteiger partial charge < -0.3 is 4.90 Å². The molecule has 3 aromatic rings. The zero-order valence-electron chi connectivity index (χ0n) is 16.6. The van der Waals surface area contributed by atoms with Gasteiger partial charge in [-0.15, -0.1) is 0 Å². The number of rotatable bonds is 4. The molecule has 4 rings (SSSR count). The number of hydrogen-bond acceptors (Lipinski definition) is 6. The fourth-order valence-electron chi connectivity index (χ4n) is 3.72. The highest BCUT2D eigenvalue weighted by Gasteiger charge is 2.36. The number of carbonyl (C=O) groups is 1. The lowest BCUT2D eigenvalue weighted by Crippen LogP contribution is -2.39. The molecule has 0 unspecified atom stereocenters. The average molecular weight is 422 g/mol. The Labute approximate surface area is 170 Å². The first-order valence-electron chi connectivity index (χ1n) is 9.79. The van der Waals surface area contributed by atoms with E-state index in [0.717, 1.165) is 10.6 Å². The van der Waals surface area contributed by atoms with E-state index in [9.17, 15) is 18.0 Å². The van der Waals surface area contributed by atoms with Gasteiger partial charge in [0.15, 0.2) is 5.65 Å². The van der Waals surface area contributed by atoms with Gasteiger partial charge in [-0.1, -0.05) is 17.2 Å². The quantitative estimate of drug-likeness (QED) is 0.642. The number of halogens is 3. The fourth-order valence-corrected chi connectivity index (χ4v) is 3.72. The van der Waals surface area contributed by atoms with Gasteiger partial charge >= 0.3 is 6.18 Å². The Morgan fingerprint density at radius 3 is 2.57 bits per heavy atom. The summed E-state index contributed by atoms with van der Waals surface area (Å²) in [5.74, 6) is -0.103. The number of amides is 1. The van der Waals surface area contributed by atoms with E-state index >= 15 is 0 Å². The molecule has 1 aliphatic rings. The van der Waals surface area contributed by atoms with Crippen molar-refractivity contribution >= 4 is 11.6 Å². The van der Waals surface area contributed by atoms with Crippen molar-refractivity contribution in [2.24, 2.45) is 0 Å². The third-order valence-corrected chi connectivity index (χ3v) is 5.48. The zero-order chi connectivity index (χ0) is 21.5. The summed E-state index contributed by atoms with van der Waals surface area (Å²) in [6.45, 7) is 4.49. The van der Waals surface area contributed by atoms with E-state index in [2.05, 4.69) is 25.0 Å². The molecule has 0 N–H and O–H groups in total. The number of alkyl halides is 3. The Bertz CT molecular complexity index is 1070. The number of fused-ring (bicyclic) bond motifs is 1. The summed E-state index contributed by atoms with van der Waals surface area (Å²) in [6, 6.07) is 2.67. The minimum Gasteiger partial charge on any atom is -0.342 e. The van der Waals surface area contributed by atoms with E-state index in [1.165, 1.54) is 0 Å². The molecule has 4 heterocycles. The van der Waals surface area contributed by atoms with Crippen LogP contribution in [0.3, 0.4) is 0 Å². The molecule has 8 nitrogen and oxygen atoms in total. The molecular weight excluding hydrogens is 401 g/mol. The maximum atomic E-state index is 13.5. The molecule has 0 aliphatic carbocycles. The molecule has 0 bridgehead atoms. The molecule has 1 fully saturated rings. The van der Waals surface area contributed by atoms with Crippen molar-refractivity contribution in [1.29, 1.82) is 0 Å². The van der Waals surface area contributed by atoms with Crippen LogP contribution in [0.25, 0.3) is 5.65 Å². The van der Waals surface area contributed by atoms with E-state index < -0.39 is 11.9 Å². The van der Waals surface area contributed by atoms with E-state index in [1.54, 1.807) is 24.8 Å². The smallest absolute Gasteiger partial charge is 0.342 e. The van der Waals surface area contributed by atoms with Gasteiger partial charge in [0.25, 0.3) is 0 Å². The standard InChI is InChI=1S/C19H21F3N6O2/c1-3-13-8-16(19(20,21)22)28-17(23-13)9-15(24-28)12-4-6-27(7-5-12)18(29)10-14-11(2)25-30-26-14/h8-9,12H,3-7,10H2,1-2H3. The van der Waals surface area contributed by atoms with Gasteiger partial charge in [-0.2, -0.15) is 18.3 Å². The Morgan fingerprint density at radius 1 is 1.23 bits per heavy atom. The number of nitrogens with zero attached hydrogens (tertiary/aromatic N) is 6. The summed E-state index contributed by atoms with van der Waals surface area (Å²) in [7, 11) is 0. The Hall–Kier alpha value is -2.98. The Morgan fingerprint density at radius 2 is 1.97 bits per heavy atom. The average Bonchev–Trinajstić information content (AvgIpc) is 3.32. The van der Waals surface area contributed by atoms with E-state index in [1.807, 2.05) is 0 Å². The third-order valence-electron chi connectivity index (χ3n) is 5.48. The molecule has 0 aromatic carbocycles. The largest absolute Gasteiger partial charge is 0.433 e.